The molecule has 0 spiro atoms. The fraction of sp³-hybridized carbons (Fsp3) is 0. The van der Waals surface area contributed by atoms with Crippen LogP contribution < -0.4 is 43.3 Å². The van der Waals surface area contributed by atoms with E-state index in [9.17, 15) is 0 Å². The van der Waals surface area contributed by atoms with Crippen LogP contribution in [0.1, 0.15) is 0 Å². The van der Waals surface area contributed by atoms with Crippen molar-refractivity contribution in [2.24, 2.45) is 0 Å². The fourth-order valence-electron chi connectivity index (χ4n) is 2.85. The number of rotatable bonds is 0. The first kappa shape index (κ1) is 16.3. The third-order valence-corrected chi connectivity index (χ3v) is 4.24. The molecule has 0 fully saturated rings. The number of furan rings is 4. The van der Waals surface area contributed by atoms with Crippen LogP contribution in [0.2, 0.25) is 0 Å². The lowest BCUT2D eigenvalue weighted by molar-refractivity contribution is 0.496. The molecule has 0 amide bonds. The van der Waals surface area contributed by atoms with E-state index in [1.54, 1.807) is 0 Å². The molecular weight excluding hydrogens is 352 g/mol. The summed E-state index contributed by atoms with van der Waals surface area (Å²) < 4.78 is 23.1. The van der Waals surface area contributed by atoms with E-state index in [0.29, 0.717) is 0 Å². The lowest BCUT2D eigenvalue weighted by Gasteiger charge is -1.78. The molecule has 0 unspecified atom stereocenters. The van der Waals surface area contributed by atoms with Gasteiger partial charge < -0.3 is 17.7 Å². The molecule has 5 heterocycles. The van der Waals surface area contributed by atoms with Crippen LogP contribution in [0.5, 0.6) is 0 Å². The highest BCUT2D eigenvalue weighted by Crippen LogP contribution is 1.81. The largest absolute Gasteiger partial charge is 0.457 e. The molecule has 136 valence electrons. The maximum atomic E-state index is 5.78. The van der Waals surface area contributed by atoms with Gasteiger partial charge in [0.15, 0.2) is 0 Å². The first-order valence-corrected chi connectivity index (χ1v) is 8.92. The van der Waals surface area contributed by atoms with Crippen LogP contribution in [0, 0.1) is 0 Å². The van der Waals surface area contributed by atoms with Crippen LogP contribution in [0.25, 0.3) is 48.6 Å². The Morgan fingerprint density at radius 3 is 0.536 bits per heavy atom. The molecule has 0 N–H and O–H groups in total. The topological polar surface area (TPSA) is 52.6 Å². The molecule has 1 aliphatic heterocycles. The van der Waals surface area contributed by atoms with Crippen LogP contribution in [0.3, 0.4) is 0 Å². The highest BCUT2D eigenvalue weighted by atomic mass is 16.3. The van der Waals surface area contributed by atoms with Crippen LogP contribution in [-0.2, 0) is 0 Å². The molecule has 4 nitrogen and oxygen atoms in total. The Hall–Kier alpha value is -3.92. The molecule has 28 heavy (non-hydrogen) atoms. The Labute approximate surface area is 158 Å². The normalized spacial score (nSPS) is 22.9. The maximum absolute atomic E-state index is 5.78. The summed E-state index contributed by atoms with van der Waals surface area (Å²) in [7, 11) is 0. The van der Waals surface area contributed by atoms with Crippen molar-refractivity contribution < 1.29 is 17.7 Å². The molecule has 8 bridgehead atoms. The second-order valence-electron chi connectivity index (χ2n) is 6.29. The summed E-state index contributed by atoms with van der Waals surface area (Å²) in [4.78, 5) is 0. The highest BCUT2D eigenvalue weighted by molar-refractivity contribution is 5.62. The van der Waals surface area contributed by atoms with Gasteiger partial charge in [0.25, 0.3) is 0 Å². The molecule has 4 heteroatoms. The van der Waals surface area contributed by atoms with Crippen LogP contribution in [-0.4, -0.2) is 0 Å². The Balaban J connectivity index is 1.74. The predicted molar refractivity (Wildman–Crippen MR) is 108 cm³/mol. The third-order valence-electron chi connectivity index (χ3n) is 4.24. The van der Waals surface area contributed by atoms with Crippen molar-refractivity contribution in [3.8, 4) is 0 Å². The van der Waals surface area contributed by atoms with Gasteiger partial charge in [-0.2, -0.15) is 0 Å². The zero-order chi connectivity index (χ0) is 18.8. The number of hydrogen-bond donors (Lipinski definition) is 0. The first-order valence-electron chi connectivity index (χ1n) is 8.92. The number of fused-ring (bicyclic) bond motifs is 8. The zero-order valence-electron chi connectivity index (χ0n) is 14.9. The Bertz CT molecular complexity index is 1250. The second-order valence-corrected chi connectivity index (χ2v) is 6.29. The van der Waals surface area contributed by atoms with E-state index in [0.717, 1.165) is 43.3 Å². The summed E-state index contributed by atoms with van der Waals surface area (Å²) in [5, 5.41) is 0. The third kappa shape index (κ3) is 3.62. The first-order chi connectivity index (χ1) is 13.8. The van der Waals surface area contributed by atoms with Gasteiger partial charge in [0.05, 0.1) is 0 Å². The molecule has 4 aromatic heterocycles. The van der Waals surface area contributed by atoms with E-state index in [-0.39, 0.29) is 0 Å². The minimum Gasteiger partial charge on any atom is -0.457 e. The van der Waals surface area contributed by atoms with E-state index in [2.05, 4.69) is 0 Å². The van der Waals surface area contributed by atoms with Crippen LogP contribution in [0.15, 0.2) is 66.2 Å². The average Bonchev–Trinajstić information content (AvgIpc) is 3.49. The summed E-state index contributed by atoms with van der Waals surface area (Å²) in [5.41, 5.74) is 5.95. The molecule has 4 aromatic rings. The molecule has 0 aromatic carbocycles. The molecule has 0 radical (unpaired) electrons. The molecule has 0 aliphatic carbocycles. The predicted octanol–water partition coefficient (Wildman–Crippen LogP) is -0.583. The Morgan fingerprint density at radius 1 is 0.250 bits per heavy atom. The van der Waals surface area contributed by atoms with E-state index in [1.807, 2.05) is 97.1 Å². The van der Waals surface area contributed by atoms with Gasteiger partial charge in [-0.3, -0.25) is 0 Å². The lowest BCUT2D eigenvalue weighted by Crippen LogP contribution is -2.03. The van der Waals surface area contributed by atoms with E-state index >= 15 is 0 Å². The zero-order valence-corrected chi connectivity index (χ0v) is 14.9. The summed E-state index contributed by atoms with van der Waals surface area (Å²) in [6.07, 6.45) is 15.0. The van der Waals surface area contributed by atoms with Crippen molar-refractivity contribution in [2.75, 3.05) is 0 Å². The quantitative estimate of drug-likeness (QED) is 0.417. The van der Waals surface area contributed by atoms with Gasteiger partial charge in [-0.15, -0.1) is 0 Å². The van der Waals surface area contributed by atoms with E-state index in [1.165, 1.54) is 0 Å². The van der Waals surface area contributed by atoms with Gasteiger partial charge >= 0.3 is 0 Å². The van der Waals surface area contributed by atoms with Gasteiger partial charge in [0.1, 0.15) is 43.3 Å². The van der Waals surface area contributed by atoms with Gasteiger partial charge in [-0.05, 0) is 97.1 Å². The maximum Gasteiger partial charge on any atom is 0.127 e. The summed E-state index contributed by atoms with van der Waals surface area (Å²) >= 11 is 0. The lowest BCUT2D eigenvalue weighted by atomic mass is 10.4. The van der Waals surface area contributed by atoms with Crippen LogP contribution >= 0.6 is 0 Å². The van der Waals surface area contributed by atoms with Crippen molar-refractivity contribution in [2.45, 2.75) is 0 Å². The Kier molecular flexibility index (Phi) is 4.07. The van der Waals surface area contributed by atoms with E-state index in [4.69, 9.17) is 17.7 Å². The summed E-state index contributed by atoms with van der Waals surface area (Å²) in [6.45, 7) is 0. The second kappa shape index (κ2) is 7.00. The SMILES string of the molecule is C1=c2/cc/c(o2)=C/C=c2\cc/c(o2)=C\C=c2/cc/c(o2)=C/C=c2/cc\c(o2)=C/1. The smallest absolute Gasteiger partial charge is 0.127 e. The van der Waals surface area contributed by atoms with Gasteiger partial charge in [-0.1, -0.05) is 0 Å². The average molecular weight is 368 g/mol. The summed E-state index contributed by atoms with van der Waals surface area (Å²) in [6, 6.07) is 15.3. The van der Waals surface area contributed by atoms with Crippen molar-refractivity contribution in [1.29, 1.82) is 0 Å². The number of hydrogen-bond acceptors (Lipinski definition) is 4. The minimum absolute atomic E-state index is 0.744. The minimum atomic E-state index is 0.744. The van der Waals surface area contributed by atoms with Gasteiger partial charge in [-0.25, -0.2) is 0 Å². The molecule has 5 rings (SSSR count). The van der Waals surface area contributed by atoms with Crippen molar-refractivity contribution in [3.05, 3.63) is 91.9 Å². The monoisotopic (exact) mass is 368 g/mol. The van der Waals surface area contributed by atoms with Gasteiger partial charge in [0.2, 0.25) is 0 Å². The molecular formula is C24H16O4. The van der Waals surface area contributed by atoms with Crippen molar-refractivity contribution in [1.82, 2.24) is 0 Å². The van der Waals surface area contributed by atoms with Gasteiger partial charge in [0, 0.05) is 0 Å². The highest BCUT2D eigenvalue weighted by Gasteiger charge is 1.90. The molecule has 0 saturated heterocycles. The molecule has 0 saturated carbocycles. The summed E-state index contributed by atoms with van der Waals surface area (Å²) in [5.74, 6) is 0. The van der Waals surface area contributed by atoms with E-state index < -0.39 is 0 Å². The standard InChI is InChI=1S/C24H16O4/c1-2-18-11-12-20-5-6-22(27-20)15-16-24-8-7-23(28-24)14-13-21-4-3-19(26-21)10-9-17(1)25-18/h1-16H/b10-9?,12-11?,14-13?,16-15?,17-9-,18-11-,19-10+,20-12+,21-13-,22-15+,23-14-,24-16+. The Morgan fingerprint density at radius 2 is 0.393 bits per heavy atom. The molecule has 1 aliphatic rings. The van der Waals surface area contributed by atoms with Crippen molar-refractivity contribution >= 4 is 48.6 Å². The molecule has 0 atom stereocenters. The fourth-order valence-corrected chi connectivity index (χ4v) is 2.85. The van der Waals surface area contributed by atoms with Crippen molar-refractivity contribution in [3.63, 3.8) is 0 Å². The van der Waals surface area contributed by atoms with Crippen LogP contribution in [0.4, 0.5) is 0 Å².